The van der Waals surface area contributed by atoms with Crippen LogP contribution in [-0.2, 0) is 9.53 Å². The van der Waals surface area contributed by atoms with Crippen molar-refractivity contribution in [3.05, 3.63) is 23.9 Å². The summed E-state index contributed by atoms with van der Waals surface area (Å²) in [6.45, 7) is 1.26. The number of carboxylic acids is 1. The maximum atomic E-state index is 11.7. The molecule has 0 atom stereocenters. The Morgan fingerprint density at radius 1 is 1.45 bits per heavy atom. The number of aliphatic carboxylic acids is 1. The van der Waals surface area contributed by atoms with Crippen molar-refractivity contribution in [2.45, 2.75) is 6.42 Å². The number of amides is 1. The van der Waals surface area contributed by atoms with E-state index in [-0.39, 0.29) is 12.3 Å². The van der Waals surface area contributed by atoms with Gasteiger partial charge < -0.3 is 20.1 Å². The number of nitrogens with zero attached hydrogens (tertiary/aromatic N) is 2. The van der Waals surface area contributed by atoms with E-state index in [0.717, 1.165) is 0 Å². The van der Waals surface area contributed by atoms with Crippen LogP contribution in [0, 0.1) is 0 Å². The number of pyridine rings is 1. The Labute approximate surface area is 117 Å². The maximum absolute atomic E-state index is 11.7. The number of aromatic nitrogens is 1. The van der Waals surface area contributed by atoms with Gasteiger partial charge in [-0.2, -0.15) is 0 Å². The number of carboxylic acid groups (broad SMARTS) is 1. The van der Waals surface area contributed by atoms with Crippen molar-refractivity contribution in [1.82, 2.24) is 10.3 Å². The van der Waals surface area contributed by atoms with E-state index in [1.165, 1.54) is 6.20 Å². The van der Waals surface area contributed by atoms with Crippen LogP contribution >= 0.6 is 0 Å². The summed E-state index contributed by atoms with van der Waals surface area (Å²) < 4.78 is 4.84. The van der Waals surface area contributed by atoms with E-state index in [2.05, 4.69) is 10.3 Å². The van der Waals surface area contributed by atoms with Crippen LogP contribution in [0.25, 0.3) is 0 Å². The molecule has 0 aliphatic carbocycles. The highest BCUT2D eigenvalue weighted by Crippen LogP contribution is 2.10. The van der Waals surface area contributed by atoms with Gasteiger partial charge in [-0.1, -0.05) is 0 Å². The Morgan fingerprint density at radius 2 is 2.20 bits per heavy atom. The van der Waals surface area contributed by atoms with Gasteiger partial charge in [0.25, 0.3) is 5.91 Å². The molecule has 7 heteroatoms. The first kappa shape index (κ1) is 15.9. The van der Waals surface area contributed by atoms with Crippen molar-refractivity contribution in [3.8, 4) is 0 Å². The second-order valence-electron chi connectivity index (χ2n) is 4.22. The van der Waals surface area contributed by atoms with Crippen LogP contribution in [0.1, 0.15) is 16.8 Å². The summed E-state index contributed by atoms with van der Waals surface area (Å²) in [5.74, 6) is -0.444. The number of carbonyl (C=O) groups excluding carboxylic acids is 1. The summed E-state index contributed by atoms with van der Waals surface area (Å²) in [4.78, 5) is 28.1. The van der Waals surface area contributed by atoms with Gasteiger partial charge >= 0.3 is 5.97 Å². The second kappa shape index (κ2) is 8.11. The summed E-state index contributed by atoms with van der Waals surface area (Å²) in [5, 5.41) is 11.3. The molecule has 0 fully saturated rings. The Bertz CT molecular complexity index is 447. The van der Waals surface area contributed by atoms with Crippen LogP contribution in [0.15, 0.2) is 18.3 Å². The molecule has 1 aromatic rings. The lowest BCUT2D eigenvalue weighted by Crippen LogP contribution is -2.27. The van der Waals surface area contributed by atoms with E-state index in [4.69, 9.17) is 9.84 Å². The Morgan fingerprint density at radius 3 is 2.75 bits per heavy atom. The van der Waals surface area contributed by atoms with E-state index in [1.807, 2.05) is 0 Å². The molecule has 0 aliphatic heterocycles. The fraction of sp³-hybridized carbons (Fsp3) is 0.462. The van der Waals surface area contributed by atoms with Gasteiger partial charge in [0.1, 0.15) is 5.82 Å². The molecule has 2 N–H and O–H groups in total. The molecular weight excluding hydrogens is 262 g/mol. The van der Waals surface area contributed by atoms with Crippen molar-refractivity contribution in [2.75, 3.05) is 38.8 Å². The largest absolute Gasteiger partial charge is 0.481 e. The lowest BCUT2D eigenvalue weighted by Gasteiger charge is -2.17. The highest BCUT2D eigenvalue weighted by Gasteiger charge is 2.08. The smallest absolute Gasteiger partial charge is 0.305 e. The van der Waals surface area contributed by atoms with Crippen molar-refractivity contribution in [1.29, 1.82) is 0 Å². The molecule has 0 unspecified atom stereocenters. The molecular formula is C13H19N3O4. The van der Waals surface area contributed by atoms with Gasteiger partial charge in [0, 0.05) is 33.4 Å². The lowest BCUT2D eigenvalue weighted by molar-refractivity contribution is -0.136. The molecule has 0 saturated heterocycles. The number of hydrogen-bond acceptors (Lipinski definition) is 5. The van der Waals surface area contributed by atoms with Gasteiger partial charge in [-0.15, -0.1) is 0 Å². The number of rotatable bonds is 8. The molecule has 20 heavy (non-hydrogen) atoms. The molecule has 0 aliphatic rings. The molecule has 0 saturated carbocycles. The van der Waals surface area contributed by atoms with Gasteiger partial charge in [0.2, 0.25) is 0 Å². The normalized spacial score (nSPS) is 10.1. The van der Waals surface area contributed by atoms with Crippen LogP contribution in [0.3, 0.4) is 0 Å². The minimum Gasteiger partial charge on any atom is -0.481 e. The molecule has 7 nitrogen and oxygen atoms in total. The first-order valence-electron chi connectivity index (χ1n) is 6.20. The maximum Gasteiger partial charge on any atom is 0.305 e. The van der Waals surface area contributed by atoms with Crippen molar-refractivity contribution in [2.24, 2.45) is 0 Å². The Kier molecular flexibility index (Phi) is 6.45. The molecule has 1 heterocycles. The van der Waals surface area contributed by atoms with E-state index < -0.39 is 5.97 Å². The van der Waals surface area contributed by atoms with Crippen LogP contribution in [0.5, 0.6) is 0 Å². The van der Waals surface area contributed by atoms with Gasteiger partial charge in [0.05, 0.1) is 18.6 Å². The van der Waals surface area contributed by atoms with Crippen LogP contribution < -0.4 is 10.2 Å². The third-order valence-corrected chi connectivity index (χ3v) is 2.65. The molecule has 1 aromatic heterocycles. The minimum absolute atomic E-state index is 0.0391. The third kappa shape index (κ3) is 5.23. The predicted molar refractivity (Wildman–Crippen MR) is 74.0 cm³/mol. The van der Waals surface area contributed by atoms with Crippen molar-refractivity contribution >= 4 is 17.7 Å². The van der Waals surface area contributed by atoms with Crippen LogP contribution in [0.2, 0.25) is 0 Å². The Hall–Kier alpha value is -2.15. The summed E-state index contributed by atoms with van der Waals surface area (Å²) >= 11 is 0. The van der Waals surface area contributed by atoms with Gasteiger partial charge in [0.15, 0.2) is 0 Å². The SMILES string of the molecule is COCCNC(=O)c1ccc(N(C)CCC(=O)O)nc1. The van der Waals surface area contributed by atoms with Crippen LogP contribution in [0.4, 0.5) is 5.82 Å². The number of hydrogen-bond donors (Lipinski definition) is 2. The predicted octanol–water partition coefficient (Wildman–Crippen LogP) is 0.369. The topological polar surface area (TPSA) is 91.8 Å². The van der Waals surface area contributed by atoms with E-state index in [0.29, 0.717) is 31.1 Å². The molecule has 0 radical (unpaired) electrons. The highest BCUT2D eigenvalue weighted by molar-refractivity contribution is 5.94. The summed E-state index contributed by atoms with van der Waals surface area (Å²) in [6, 6.07) is 3.34. The molecule has 0 bridgehead atoms. The van der Waals surface area contributed by atoms with Gasteiger partial charge in [-0.3, -0.25) is 9.59 Å². The molecule has 0 aromatic carbocycles. The van der Waals surface area contributed by atoms with Gasteiger partial charge in [-0.25, -0.2) is 4.98 Å². The first-order chi connectivity index (χ1) is 9.54. The zero-order chi connectivity index (χ0) is 15.0. The zero-order valence-electron chi connectivity index (χ0n) is 11.6. The van der Waals surface area contributed by atoms with E-state index in [9.17, 15) is 9.59 Å². The second-order valence-corrected chi connectivity index (χ2v) is 4.22. The molecule has 1 amide bonds. The fourth-order valence-electron chi connectivity index (χ4n) is 1.49. The number of ether oxygens (including phenoxy) is 1. The van der Waals surface area contributed by atoms with E-state index >= 15 is 0 Å². The standard InChI is InChI=1S/C13H19N3O4/c1-16(7-5-12(17)18)11-4-3-10(9-15-11)13(19)14-6-8-20-2/h3-4,9H,5-8H2,1-2H3,(H,14,19)(H,17,18). The summed E-state index contributed by atoms with van der Waals surface area (Å²) in [6.07, 6.45) is 1.51. The quantitative estimate of drug-likeness (QED) is 0.669. The number of anilines is 1. The average Bonchev–Trinajstić information content (AvgIpc) is 2.45. The van der Waals surface area contributed by atoms with Crippen LogP contribution in [-0.4, -0.2) is 55.8 Å². The highest BCUT2D eigenvalue weighted by atomic mass is 16.5. The molecule has 110 valence electrons. The lowest BCUT2D eigenvalue weighted by atomic mass is 10.2. The fourth-order valence-corrected chi connectivity index (χ4v) is 1.49. The van der Waals surface area contributed by atoms with Gasteiger partial charge in [-0.05, 0) is 12.1 Å². The number of nitrogens with one attached hydrogen (secondary N) is 1. The summed E-state index contributed by atoms with van der Waals surface area (Å²) in [7, 11) is 3.32. The first-order valence-corrected chi connectivity index (χ1v) is 6.20. The molecule has 0 spiro atoms. The minimum atomic E-state index is -0.856. The van der Waals surface area contributed by atoms with E-state index in [1.54, 1.807) is 31.2 Å². The summed E-state index contributed by atoms with van der Waals surface area (Å²) in [5.41, 5.74) is 0.455. The zero-order valence-corrected chi connectivity index (χ0v) is 11.6. The van der Waals surface area contributed by atoms with Crippen molar-refractivity contribution in [3.63, 3.8) is 0 Å². The monoisotopic (exact) mass is 281 g/mol. The number of carbonyl (C=O) groups is 2. The van der Waals surface area contributed by atoms with Crippen molar-refractivity contribution < 1.29 is 19.4 Å². The Balaban J connectivity index is 2.54. The third-order valence-electron chi connectivity index (χ3n) is 2.65. The number of methoxy groups -OCH3 is 1. The molecule has 1 rings (SSSR count). The average molecular weight is 281 g/mol.